The number of rotatable bonds is 6. The van der Waals surface area contributed by atoms with Gasteiger partial charge in [-0.3, -0.25) is 10.1 Å². The van der Waals surface area contributed by atoms with E-state index in [9.17, 15) is 15.4 Å². The summed E-state index contributed by atoms with van der Waals surface area (Å²) in [6.07, 6.45) is 1.56. The fourth-order valence-electron chi connectivity index (χ4n) is 2.80. The zero-order valence-corrected chi connectivity index (χ0v) is 17.1. The zero-order valence-electron chi connectivity index (χ0n) is 17.1. The van der Waals surface area contributed by atoms with Crippen molar-refractivity contribution in [3.63, 3.8) is 0 Å². The maximum absolute atomic E-state index is 10.9. The summed E-state index contributed by atoms with van der Waals surface area (Å²) >= 11 is 0. The van der Waals surface area contributed by atoms with Gasteiger partial charge in [0, 0.05) is 23.9 Å². The van der Waals surface area contributed by atoms with Gasteiger partial charge in [0.15, 0.2) is 0 Å². The van der Waals surface area contributed by atoms with E-state index in [4.69, 9.17) is 4.74 Å². The van der Waals surface area contributed by atoms with Gasteiger partial charge in [-0.1, -0.05) is 0 Å². The van der Waals surface area contributed by atoms with Crippen LogP contribution in [0.2, 0.25) is 0 Å². The first-order valence-electron chi connectivity index (χ1n) is 9.26. The van der Waals surface area contributed by atoms with Crippen molar-refractivity contribution >= 4 is 17.3 Å². The maximum atomic E-state index is 10.9. The van der Waals surface area contributed by atoms with E-state index >= 15 is 0 Å². The van der Waals surface area contributed by atoms with E-state index in [1.165, 1.54) is 12.1 Å². The largest absolute Gasteiger partial charge is 0.464 e. The number of nitro groups is 1. The van der Waals surface area contributed by atoms with Gasteiger partial charge in [0.1, 0.15) is 29.0 Å². The maximum Gasteiger partial charge on any atom is 0.318 e. The summed E-state index contributed by atoms with van der Waals surface area (Å²) in [5.74, 6) is 0.908. The van der Waals surface area contributed by atoms with Crippen LogP contribution in [0.5, 0.6) is 6.01 Å². The first-order chi connectivity index (χ1) is 14.2. The van der Waals surface area contributed by atoms with E-state index in [0.717, 1.165) is 0 Å². The molecule has 0 radical (unpaired) electrons. The Morgan fingerprint density at radius 3 is 2.53 bits per heavy atom. The Bertz CT molecular complexity index is 1110. The van der Waals surface area contributed by atoms with E-state index in [1.54, 1.807) is 29.1 Å². The number of nitro benzene ring substituents is 1. The average Bonchev–Trinajstić information content (AvgIpc) is 3.07. The van der Waals surface area contributed by atoms with Crippen LogP contribution in [0, 0.1) is 21.4 Å². The quantitative estimate of drug-likeness (QED) is 0.479. The molecular formula is C20H21N7O3. The van der Waals surface area contributed by atoms with Gasteiger partial charge < -0.3 is 10.1 Å². The average molecular weight is 407 g/mol. The second-order valence-electron chi connectivity index (χ2n) is 7.35. The van der Waals surface area contributed by atoms with E-state index in [1.807, 2.05) is 27.7 Å². The van der Waals surface area contributed by atoms with Crippen molar-refractivity contribution in [1.29, 1.82) is 5.26 Å². The molecule has 0 unspecified atom stereocenters. The number of nitrogens with one attached hydrogen (secondary N) is 1. The number of hydrogen-bond acceptors (Lipinski definition) is 8. The fourth-order valence-corrected chi connectivity index (χ4v) is 2.80. The van der Waals surface area contributed by atoms with Gasteiger partial charge in [0.2, 0.25) is 0 Å². The van der Waals surface area contributed by atoms with Gasteiger partial charge in [-0.25, -0.2) is 9.67 Å². The monoisotopic (exact) mass is 407 g/mol. The van der Waals surface area contributed by atoms with Crippen LogP contribution < -0.4 is 10.1 Å². The van der Waals surface area contributed by atoms with Crippen LogP contribution in [0.15, 0.2) is 36.5 Å². The Morgan fingerprint density at radius 2 is 1.97 bits per heavy atom. The van der Waals surface area contributed by atoms with Crippen molar-refractivity contribution in [3.8, 4) is 23.3 Å². The second-order valence-corrected chi connectivity index (χ2v) is 7.35. The third-order valence-corrected chi connectivity index (χ3v) is 4.14. The summed E-state index contributed by atoms with van der Waals surface area (Å²) in [4.78, 5) is 18.8. The highest BCUT2D eigenvalue weighted by Crippen LogP contribution is 2.34. The summed E-state index contributed by atoms with van der Waals surface area (Å²) in [5, 5.41) is 28.6. The topological polar surface area (TPSA) is 132 Å². The molecule has 0 saturated heterocycles. The van der Waals surface area contributed by atoms with Crippen LogP contribution in [-0.4, -0.2) is 31.3 Å². The van der Waals surface area contributed by atoms with Gasteiger partial charge >= 0.3 is 6.01 Å². The van der Waals surface area contributed by atoms with E-state index < -0.39 is 10.5 Å². The molecule has 0 saturated carbocycles. The lowest BCUT2D eigenvalue weighted by atomic mass is 10.1. The van der Waals surface area contributed by atoms with Gasteiger partial charge in [-0.15, -0.1) is 0 Å². The van der Waals surface area contributed by atoms with Gasteiger partial charge in [-0.05, 0) is 45.9 Å². The number of anilines is 2. The molecule has 3 aromatic rings. The molecular weight excluding hydrogens is 386 g/mol. The predicted molar refractivity (Wildman–Crippen MR) is 111 cm³/mol. The highest BCUT2D eigenvalue weighted by molar-refractivity contribution is 5.76. The van der Waals surface area contributed by atoms with Crippen molar-refractivity contribution < 1.29 is 9.66 Å². The molecule has 30 heavy (non-hydrogen) atoms. The molecule has 1 N–H and O–H groups in total. The summed E-state index contributed by atoms with van der Waals surface area (Å²) < 4.78 is 7.04. The molecule has 0 atom stereocenters. The molecule has 1 aromatic carbocycles. The molecule has 0 aliphatic heterocycles. The molecule has 2 heterocycles. The third-order valence-electron chi connectivity index (χ3n) is 4.14. The van der Waals surface area contributed by atoms with Crippen molar-refractivity contribution in [2.75, 3.05) is 11.9 Å². The molecule has 154 valence electrons. The van der Waals surface area contributed by atoms with Crippen LogP contribution in [-0.2, 0) is 5.54 Å². The summed E-state index contributed by atoms with van der Waals surface area (Å²) in [5.41, 5.74) is 0.832. The van der Waals surface area contributed by atoms with Crippen LogP contribution in [0.4, 0.5) is 17.3 Å². The van der Waals surface area contributed by atoms with E-state index in [-0.39, 0.29) is 11.7 Å². The lowest BCUT2D eigenvalue weighted by Crippen LogP contribution is -2.24. The normalized spacial score (nSPS) is 11.0. The number of nitriles is 1. The molecule has 10 heteroatoms. The molecule has 10 nitrogen and oxygen atoms in total. The number of nitrogens with zero attached hydrogens (tertiary/aromatic N) is 6. The minimum absolute atomic E-state index is 0.0321. The highest BCUT2D eigenvalue weighted by Gasteiger charge is 2.26. The molecule has 0 fully saturated rings. The Balaban J connectivity index is 2.11. The number of non-ortho nitro benzene ring substituents is 1. The van der Waals surface area contributed by atoms with Crippen molar-refractivity contribution in [3.05, 3.63) is 52.2 Å². The first-order valence-corrected chi connectivity index (χ1v) is 9.26. The predicted octanol–water partition coefficient (Wildman–Crippen LogP) is 4.02. The Hall–Kier alpha value is -4.00. The Kier molecular flexibility index (Phi) is 5.64. The summed E-state index contributed by atoms with van der Waals surface area (Å²) in [7, 11) is 0. The van der Waals surface area contributed by atoms with Gasteiger partial charge in [0.05, 0.1) is 17.1 Å². The van der Waals surface area contributed by atoms with Crippen molar-refractivity contribution in [2.45, 2.75) is 33.2 Å². The smallest absolute Gasteiger partial charge is 0.318 e. The minimum Gasteiger partial charge on any atom is -0.464 e. The van der Waals surface area contributed by atoms with Crippen LogP contribution in [0.1, 0.15) is 33.3 Å². The number of hydrogen-bond donors (Lipinski definition) is 1. The lowest BCUT2D eigenvalue weighted by molar-refractivity contribution is -0.384. The van der Waals surface area contributed by atoms with E-state index in [2.05, 4.69) is 26.5 Å². The summed E-state index contributed by atoms with van der Waals surface area (Å²) in [6.45, 7) is 8.13. The molecule has 0 spiro atoms. The fraction of sp³-hybridized carbons (Fsp3) is 0.300. The second kappa shape index (κ2) is 8.16. The number of ether oxygens (including phenoxy) is 1. The number of aromatic nitrogens is 4. The Morgan fingerprint density at radius 1 is 1.27 bits per heavy atom. The van der Waals surface area contributed by atoms with Crippen molar-refractivity contribution in [1.82, 2.24) is 19.7 Å². The molecule has 2 aromatic heterocycles. The molecule has 0 amide bonds. The summed E-state index contributed by atoms with van der Waals surface area (Å²) in [6, 6.07) is 10.0. The molecule has 0 bridgehead atoms. The first kappa shape index (κ1) is 20.7. The Labute approximate surface area is 173 Å². The molecule has 0 aliphatic rings. The highest BCUT2D eigenvalue weighted by atomic mass is 16.6. The van der Waals surface area contributed by atoms with Crippen LogP contribution >= 0.6 is 0 Å². The molecule has 3 rings (SSSR count). The SMILES string of the molecule is CCOc1nccc(Nc2c(C#N)c(-c3ccc([N+](=O)[O-])cc3)nn2C(C)(C)C)n1. The van der Waals surface area contributed by atoms with Gasteiger partial charge in [0.25, 0.3) is 5.69 Å². The zero-order chi connectivity index (χ0) is 21.9. The van der Waals surface area contributed by atoms with Crippen LogP contribution in [0.25, 0.3) is 11.3 Å². The van der Waals surface area contributed by atoms with Crippen LogP contribution in [0.3, 0.4) is 0 Å². The van der Waals surface area contributed by atoms with Gasteiger partial charge in [-0.2, -0.15) is 15.3 Å². The standard InChI is InChI=1S/C20H21N7O3/c1-5-30-19-22-11-10-16(24-19)23-18-15(12-21)17(25-26(18)20(2,3)4)13-6-8-14(9-7-13)27(28)29/h6-11H,5H2,1-4H3,(H,22,23,24). The van der Waals surface area contributed by atoms with Crippen molar-refractivity contribution in [2.24, 2.45) is 0 Å². The number of benzene rings is 1. The molecule has 0 aliphatic carbocycles. The third kappa shape index (κ3) is 4.20. The minimum atomic E-state index is -0.471. The van der Waals surface area contributed by atoms with E-state index in [0.29, 0.717) is 35.1 Å². The lowest BCUT2D eigenvalue weighted by Gasteiger charge is -2.22.